The molecule has 1 aromatic carbocycles. The number of anilines is 4. The largest absolute Gasteiger partial charge is 0.398 e. The van der Waals surface area contributed by atoms with Gasteiger partial charge in [0.1, 0.15) is 0 Å². The van der Waals surface area contributed by atoms with E-state index in [1.807, 2.05) is 13.0 Å². The predicted molar refractivity (Wildman–Crippen MR) is 113 cm³/mol. The highest BCUT2D eigenvalue weighted by Gasteiger charge is 2.19. The standard InChI is InChI=1S/C20H23FN8/c1-11-8-28(4-3-23-11)14-6-16(22)18-17(7-14)26-27-19(18)25-13-5-15(21)20-24-12(2)9-29(20)10-13/h5-7,9-11,23H,3-4,8,22H2,1-2H3,(H2,25,26,27). The maximum atomic E-state index is 14.4. The molecule has 0 amide bonds. The van der Waals surface area contributed by atoms with Gasteiger partial charge in [-0.1, -0.05) is 0 Å². The lowest BCUT2D eigenvalue weighted by molar-refractivity contribution is 0.485. The molecule has 4 heterocycles. The van der Waals surface area contributed by atoms with Crippen molar-refractivity contribution in [3.63, 3.8) is 0 Å². The van der Waals surface area contributed by atoms with Crippen LogP contribution in [0.25, 0.3) is 16.6 Å². The molecular formula is C20H23FN8. The Labute approximate surface area is 166 Å². The van der Waals surface area contributed by atoms with Crippen LogP contribution in [0.5, 0.6) is 0 Å². The van der Waals surface area contributed by atoms with Crippen LogP contribution in [0.2, 0.25) is 0 Å². The lowest BCUT2D eigenvalue weighted by Crippen LogP contribution is -2.49. The summed E-state index contributed by atoms with van der Waals surface area (Å²) in [6.45, 7) is 6.80. The summed E-state index contributed by atoms with van der Waals surface area (Å²) >= 11 is 0. The number of pyridine rings is 1. The van der Waals surface area contributed by atoms with Crippen molar-refractivity contribution in [1.29, 1.82) is 0 Å². The molecule has 1 aliphatic heterocycles. The third-order valence-electron chi connectivity index (χ3n) is 5.30. The Morgan fingerprint density at radius 3 is 2.97 bits per heavy atom. The van der Waals surface area contributed by atoms with E-state index in [0.29, 0.717) is 28.9 Å². The molecule has 0 bridgehead atoms. The lowest BCUT2D eigenvalue weighted by Gasteiger charge is -2.33. The Balaban J connectivity index is 1.50. The first-order valence-electron chi connectivity index (χ1n) is 9.66. The smallest absolute Gasteiger partial charge is 0.173 e. The number of nitrogens with zero attached hydrogens (tertiary/aromatic N) is 4. The number of aromatic amines is 1. The van der Waals surface area contributed by atoms with Gasteiger partial charge in [0.25, 0.3) is 0 Å². The summed E-state index contributed by atoms with van der Waals surface area (Å²) in [5.74, 6) is 0.166. The average molecular weight is 394 g/mol. The number of fused-ring (bicyclic) bond motifs is 2. The number of nitrogens with one attached hydrogen (secondary N) is 3. The second-order valence-corrected chi connectivity index (χ2v) is 7.65. The fourth-order valence-corrected chi connectivity index (χ4v) is 4.00. The second kappa shape index (κ2) is 6.63. The van der Waals surface area contributed by atoms with Gasteiger partial charge in [-0.15, -0.1) is 0 Å². The van der Waals surface area contributed by atoms with Crippen LogP contribution < -0.4 is 21.3 Å². The van der Waals surface area contributed by atoms with Gasteiger partial charge in [0.2, 0.25) is 0 Å². The number of piperazine rings is 1. The molecule has 1 atom stereocenters. The molecule has 1 aliphatic rings. The topological polar surface area (TPSA) is 99.3 Å². The third-order valence-corrected chi connectivity index (χ3v) is 5.30. The van der Waals surface area contributed by atoms with E-state index in [4.69, 9.17) is 5.73 Å². The van der Waals surface area contributed by atoms with E-state index < -0.39 is 5.82 Å². The molecule has 0 saturated carbocycles. The second-order valence-electron chi connectivity index (χ2n) is 7.65. The molecule has 0 radical (unpaired) electrons. The van der Waals surface area contributed by atoms with E-state index in [0.717, 1.165) is 41.9 Å². The SMILES string of the molecule is Cc1cn2cc(Nc3n[nH]c4cc(N5CCNC(C)C5)cc(N)c34)cc(F)c2n1. The van der Waals surface area contributed by atoms with E-state index in [1.165, 1.54) is 6.07 Å². The highest BCUT2D eigenvalue weighted by atomic mass is 19.1. The van der Waals surface area contributed by atoms with Crippen LogP contribution in [0.15, 0.2) is 30.6 Å². The van der Waals surface area contributed by atoms with E-state index in [9.17, 15) is 4.39 Å². The van der Waals surface area contributed by atoms with Gasteiger partial charge in [-0.3, -0.25) is 5.10 Å². The zero-order valence-electron chi connectivity index (χ0n) is 16.3. The van der Waals surface area contributed by atoms with E-state index >= 15 is 0 Å². The van der Waals surface area contributed by atoms with Crippen LogP contribution in [0, 0.1) is 12.7 Å². The number of nitrogen functional groups attached to an aromatic ring is 1. The monoisotopic (exact) mass is 394 g/mol. The van der Waals surface area contributed by atoms with E-state index in [2.05, 4.69) is 43.7 Å². The summed E-state index contributed by atoms with van der Waals surface area (Å²) in [6.07, 6.45) is 3.56. The van der Waals surface area contributed by atoms with Crippen molar-refractivity contribution in [1.82, 2.24) is 24.9 Å². The fourth-order valence-electron chi connectivity index (χ4n) is 4.00. The van der Waals surface area contributed by atoms with Gasteiger partial charge in [0.05, 0.1) is 22.3 Å². The molecule has 1 saturated heterocycles. The summed E-state index contributed by atoms with van der Waals surface area (Å²) in [7, 11) is 0. The zero-order chi connectivity index (χ0) is 20.1. The van der Waals surface area contributed by atoms with Crippen LogP contribution in [0.3, 0.4) is 0 Å². The fraction of sp³-hybridized carbons (Fsp3) is 0.300. The minimum Gasteiger partial charge on any atom is -0.398 e. The summed E-state index contributed by atoms with van der Waals surface area (Å²) in [5, 5.41) is 14.8. The molecule has 3 aromatic heterocycles. The minimum atomic E-state index is -0.397. The van der Waals surface area contributed by atoms with Crippen molar-refractivity contribution in [2.24, 2.45) is 0 Å². The van der Waals surface area contributed by atoms with Gasteiger partial charge in [0.15, 0.2) is 17.3 Å². The Morgan fingerprint density at radius 2 is 2.14 bits per heavy atom. The quantitative estimate of drug-likeness (QED) is 0.399. The van der Waals surface area contributed by atoms with Gasteiger partial charge in [0, 0.05) is 55.5 Å². The Bertz CT molecular complexity index is 1210. The zero-order valence-corrected chi connectivity index (χ0v) is 16.3. The summed E-state index contributed by atoms with van der Waals surface area (Å²) in [5.41, 5.74) is 10.6. The van der Waals surface area contributed by atoms with Crippen molar-refractivity contribution in [3.05, 3.63) is 42.1 Å². The third kappa shape index (κ3) is 3.13. The number of aryl methyl sites for hydroxylation is 1. The van der Waals surface area contributed by atoms with Gasteiger partial charge < -0.3 is 25.7 Å². The number of nitrogens with two attached hydrogens (primary N) is 1. The van der Waals surface area contributed by atoms with Crippen molar-refractivity contribution >= 4 is 39.4 Å². The van der Waals surface area contributed by atoms with Gasteiger partial charge in [-0.05, 0) is 26.0 Å². The Morgan fingerprint density at radius 1 is 1.28 bits per heavy atom. The highest BCUT2D eigenvalue weighted by molar-refractivity contribution is 6.02. The maximum absolute atomic E-state index is 14.4. The van der Waals surface area contributed by atoms with Gasteiger partial charge in [-0.2, -0.15) is 5.10 Å². The Hall–Kier alpha value is -3.33. The van der Waals surface area contributed by atoms with Crippen LogP contribution in [-0.4, -0.2) is 45.3 Å². The Kier molecular flexibility index (Phi) is 4.06. The molecule has 29 heavy (non-hydrogen) atoms. The summed E-state index contributed by atoms with van der Waals surface area (Å²) < 4.78 is 16.0. The molecule has 9 heteroatoms. The first-order chi connectivity index (χ1) is 14.0. The molecule has 1 unspecified atom stereocenters. The van der Waals surface area contributed by atoms with Crippen molar-refractivity contribution < 1.29 is 4.39 Å². The lowest BCUT2D eigenvalue weighted by atomic mass is 10.1. The van der Waals surface area contributed by atoms with E-state index in [-0.39, 0.29) is 0 Å². The molecule has 0 aliphatic carbocycles. The first-order valence-corrected chi connectivity index (χ1v) is 9.66. The molecule has 4 aromatic rings. The molecule has 5 N–H and O–H groups in total. The summed E-state index contributed by atoms with van der Waals surface area (Å²) in [4.78, 5) is 6.50. The van der Waals surface area contributed by atoms with Crippen molar-refractivity contribution in [2.75, 3.05) is 35.6 Å². The molecular weight excluding hydrogens is 371 g/mol. The van der Waals surface area contributed by atoms with Crippen LogP contribution in [-0.2, 0) is 0 Å². The van der Waals surface area contributed by atoms with Gasteiger partial charge in [-0.25, -0.2) is 9.37 Å². The van der Waals surface area contributed by atoms with Crippen LogP contribution in [0.4, 0.5) is 27.3 Å². The first kappa shape index (κ1) is 17.7. The number of imidazole rings is 1. The number of H-pyrrole nitrogens is 1. The molecule has 150 valence electrons. The van der Waals surface area contributed by atoms with Crippen molar-refractivity contribution in [2.45, 2.75) is 19.9 Å². The molecule has 0 spiro atoms. The highest BCUT2D eigenvalue weighted by Crippen LogP contribution is 2.33. The number of hydrogen-bond donors (Lipinski definition) is 4. The maximum Gasteiger partial charge on any atom is 0.173 e. The van der Waals surface area contributed by atoms with E-state index in [1.54, 1.807) is 16.8 Å². The normalized spacial score (nSPS) is 17.3. The van der Waals surface area contributed by atoms with Crippen LogP contribution in [0.1, 0.15) is 12.6 Å². The number of rotatable bonds is 3. The summed E-state index contributed by atoms with van der Waals surface area (Å²) in [6, 6.07) is 5.88. The molecule has 5 rings (SSSR count). The van der Waals surface area contributed by atoms with Gasteiger partial charge >= 0.3 is 0 Å². The number of hydrogen-bond acceptors (Lipinski definition) is 6. The van der Waals surface area contributed by atoms with Crippen molar-refractivity contribution in [3.8, 4) is 0 Å². The number of aromatic nitrogens is 4. The number of halogens is 1. The minimum absolute atomic E-state index is 0.300. The predicted octanol–water partition coefficient (Wildman–Crippen LogP) is 2.78. The average Bonchev–Trinajstić information content (AvgIpc) is 3.25. The van der Waals surface area contributed by atoms with Crippen LogP contribution >= 0.6 is 0 Å². The number of benzene rings is 1. The molecule has 8 nitrogen and oxygen atoms in total. The molecule has 1 fully saturated rings.